The molecule has 3 rings (SSSR count). The molecule has 0 saturated carbocycles. The number of likely N-dealkylation sites (tertiary alicyclic amines) is 1. The molecule has 1 saturated heterocycles. The fraction of sp³-hybridized carbons (Fsp3) is 0.316. The molecule has 6 heteroatoms. The van der Waals surface area contributed by atoms with Crippen LogP contribution in [0.15, 0.2) is 53.0 Å². The number of rotatable bonds is 4. The first-order valence-electron chi connectivity index (χ1n) is 8.31. The topological polar surface area (TPSA) is 63.4 Å². The fourth-order valence-corrected chi connectivity index (χ4v) is 3.65. The summed E-state index contributed by atoms with van der Waals surface area (Å²) in [5.41, 5.74) is 1.62. The van der Waals surface area contributed by atoms with Gasteiger partial charge < -0.3 is 4.90 Å². The number of halogens is 1. The van der Waals surface area contributed by atoms with Crippen LogP contribution >= 0.6 is 15.9 Å². The Bertz CT molecular complexity index is 771. The smallest absolute Gasteiger partial charge is 0.284 e. The predicted molar refractivity (Wildman–Crippen MR) is 99.6 cm³/mol. The Morgan fingerprint density at radius 3 is 2.48 bits per heavy atom. The van der Waals surface area contributed by atoms with Gasteiger partial charge in [-0.25, -0.2) is 0 Å². The molecular weight excluding hydrogens is 384 g/mol. The van der Waals surface area contributed by atoms with Crippen molar-refractivity contribution >= 4 is 27.5 Å². The first-order chi connectivity index (χ1) is 12.0. The lowest BCUT2D eigenvalue weighted by Crippen LogP contribution is -2.38. The molecule has 5 nitrogen and oxygen atoms in total. The molecule has 1 aliphatic heterocycles. The molecule has 2 aromatic carbocycles. The van der Waals surface area contributed by atoms with Gasteiger partial charge in [0.2, 0.25) is 0 Å². The molecule has 0 atom stereocenters. The maximum Gasteiger partial charge on any atom is 0.284 e. The molecule has 0 bridgehead atoms. The summed E-state index contributed by atoms with van der Waals surface area (Å²) >= 11 is 3.15. The molecule has 1 aliphatic rings. The number of hydrogen-bond donors (Lipinski definition) is 0. The second kappa shape index (κ2) is 7.78. The SMILES string of the molecule is O=C(c1ccc(Br)c([N+](=O)[O-])c1)N1CCC(Cc2ccccc2)CC1. The zero-order valence-electron chi connectivity index (χ0n) is 13.7. The standard InChI is InChI=1S/C19H19BrN2O3/c20-17-7-6-16(13-18(17)22(24)25)19(23)21-10-8-15(9-11-21)12-14-4-2-1-3-5-14/h1-7,13,15H,8-12H2. The summed E-state index contributed by atoms with van der Waals surface area (Å²) in [7, 11) is 0. The normalized spacial score (nSPS) is 15.2. The zero-order valence-corrected chi connectivity index (χ0v) is 15.3. The van der Waals surface area contributed by atoms with Gasteiger partial charge in [0.1, 0.15) is 0 Å². The predicted octanol–water partition coefficient (Wildman–Crippen LogP) is 4.45. The van der Waals surface area contributed by atoms with E-state index in [9.17, 15) is 14.9 Å². The lowest BCUT2D eigenvalue weighted by Gasteiger charge is -2.32. The number of carbonyl (C=O) groups excluding carboxylic acids is 1. The molecule has 0 N–H and O–H groups in total. The van der Waals surface area contributed by atoms with Crippen molar-refractivity contribution in [3.05, 3.63) is 74.2 Å². The first kappa shape index (κ1) is 17.6. The van der Waals surface area contributed by atoms with Gasteiger partial charge in [-0.15, -0.1) is 0 Å². The molecule has 0 aromatic heterocycles. The van der Waals surface area contributed by atoms with Crippen LogP contribution in [0.25, 0.3) is 0 Å². The molecule has 0 radical (unpaired) electrons. The quantitative estimate of drug-likeness (QED) is 0.560. The molecule has 0 spiro atoms. The molecule has 130 valence electrons. The van der Waals surface area contributed by atoms with E-state index in [4.69, 9.17) is 0 Å². The number of amides is 1. The van der Waals surface area contributed by atoms with Crippen LogP contribution in [0.3, 0.4) is 0 Å². The summed E-state index contributed by atoms with van der Waals surface area (Å²) in [5.74, 6) is 0.444. The Kier molecular flexibility index (Phi) is 5.48. The van der Waals surface area contributed by atoms with Crippen LogP contribution in [0.1, 0.15) is 28.8 Å². The van der Waals surface area contributed by atoms with Crippen LogP contribution in [0.4, 0.5) is 5.69 Å². The van der Waals surface area contributed by atoms with E-state index in [1.807, 2.05) is 6.07 Å². The molecule has 1 fully saturated rings. The molecule has 1 amide bonds. The number of piperidine rings is 1. The Morgan fingerprint density at radius 2 is 1.84 bits per heavy atom. The van der Waals surface area contributed by atoms with Gasteiger partial charge in [-0.3, -0.25) is 14.9 Å². The second-order valence-corrected chi connectivity index (χ2v) is 7.20. The van der Waals surface area contributed by atoms with Gasteiger partial charge in [0.05, 0.1) is 9.40 Å². The monoisotopic (exact) mass is 402 g/mol. The summed E-state index contributed by atoms with van der Waals surface area (Å²) in [6.07, 6.45) is 2.95. The molecule has 25 heavy (non-hydrogen) atoms. The van der Waals surface area contributed by atoms with E-state index in [2.05, 4.69) is 40.2 Å². The number of nitro groups is 1. The molecule has 1 heterocycles. The Balaban J connectivity index is 1.62. The lowest BCUT2D eigenvalue weighted by molar-refractivity contribution is -0.385. The van der Waals surface area contributed by atoms with E-state index >= 15 is 0 Å². The first-order valence-corrected chi connectivity index (χ1v) is 9.11. The van der Waals surface area contributed by atoms with Crippen LogP contribution in [0.2, 0.25) is 0 Å². The average Bonchev–Trinajstić information content (AvgIpc) is 2.63. The van der Waals surface area contributed by atoms with Crippen molar-refractivity contribution in [3.63, 3.8) is 0 Å². The van der Waals surface area contributed by atoms with Crippen molar-refractivity contribution in [2.75, 3.05) is 13.1 Å². The summed E-state index contributed by atoms with van der Waals surface area (Å²) < 4.78 is 0.385. The molecular formula is C19H19BrN2O3. The summed E-state index contributed by atoms with van der Waals surface area (Å²) in [4.78, 5) is 25.0. The Morgan fingerprint density at radius 1 is 1.16 bits per heavy atom. The van der Waals surface area contributed by atoms with Crippen molar-refractivity contribution in [1.29, 1.82) is 0 Å². The highest BCUT2D eigenvalue weighted by molar-refractivity contribution is 9.10. The highest BCUT2D eigenvalue weighted by Gasteiger charge is 2.25. The highest BCUT2D eigenvalue weighted by atomic mass is 79.9. The third kappa shape index (κ3) is 4.25. The summed E-state index contributed by atoms with van der Waals surface area (Å²) in [5, 5.41) is 11.0. The largest absolute Gasteiger partial charge is 0.339 e. The highest BCUT2D eigenvalue weighted by Crippen LogP contribution is 2.27. The number of benzene rings is 2. The van der Waals surface area contributed by atoms with E-state index in [0.717, 1.165) is 19.3 Å². The lowest BCUT2D eigenvalue weighted by atomic mass is 9.90. The maximum absolute atomic E-state index is 12.6. The number of hydrogen-bond acceptors (Lipinski definition) is 3. The van der Waals surface area contributed by atoms with Crippen molar-refractivity contribution in [2.24, 2.45) is 5.92 Å². The van der Waals surface area contributed by atoms with Crippen LogP contribution in [-0.2, 0) is 6.42 Å². The van der Waals surface area contributed by atoms with E-state index in [-0.39, 0.29) is 11.6 Å². The zero-order chi connectivity index (χ0) is 17.8. The Labute approximate surface area is 154 Å². The van der Waals surface area contributed by atoms with Gasteiger partial charge >= 0.3 is 0 Å². The van der Waals surface area contributed by atoms with Crippen molar-refractivity contribution in [1.82, 2.24) is 4.90 Å². The minimum atomic E-state index is -0.479. The van der Waals surface area contributed by atoms with Crippen LogP contribution in [-0.4, -0.2) is 28.8 Å². The number of carbonyl (C=O) groups is 1. The molecule has 0 unspecified atom stereocenters. The maximum atomic E-state index is 12.6. The number of nitrogens with zero attached hydrogens (tertiary/aromatic N) is 2. The Hall–Kier alpha value is -2.21. The molecule has 2 aromatic rings. The fourth-order valence-electron chi connectivity index (χ4n) is 3.26. The van der Waals surface area contributed by atoms with Crippen LogP contribution in [0, 0.1) is 16.0 Å². The van der Waals surface area contributed by atoms with Gasteiger partial charge in [0.15, 0.2) is 0 Å². The second-order valence-electron chi connectivity index (χ2n) is 6.35. The van der Waals surface area contributed by atoms with Crippen LogP contribution < -0.4 is 0 Å². The van der Waals surface area contributed by atoms with Crippen molar-refractivity contribution in [2.45, 2.75) is 19.3 Å². The van der Waals surface area contributed by atoms with E-state index in [1.165, 1.54) is 11.6 Å². The van der Waals surface area contributed by atoms with E-state index in [1.54, 1.807) is 17.0 Å². The minimum absolute atomic E-state index is 0.0789. The number of nitro benzene ring substituents is 1. The summed E-state index contributed by atoms with van der Waals surface area (Å²) in [6.45, 7) is 1.39. The summed E-state index contributed by atoms with van der Waals surface area (Å²) in [6, 6.07) is 14.9. The van der Waals surface area contributed by atoms with Gasteiger partial charge in [-0.05, 0) is 58.8 Å². The molecule has 0 aliphatic carbocycles. The van der Waals surface area contributed by atoms with E-state index in [0.29, 0.717) is 29.0 Å². The van der Waals surface area contributed by atoms with Gasteiger partial charge in [0.25, 0.3) is 11.6 Å². The van der Waals surface area contributed by atoms with Crippen molar-refractivity contribution in [3.8, 4) is 0 Å². The third-order valence-corrected chi connectivity index (χ3v) is 5.33. The third-order valence-electron chi connectivity index (χ3n) is 4.66. The van der Waals surface area contributed by atoms with Gasteiger partial charge in [0, 0.05) is 24.7 Å². The van der Waals surface area contributed by atoms with E-state index < -0.39 is 4.92 Å². The van der Waals surface area contributed by atoms with Gasteiger partial charge in [-0.2, -0.15) is 0 Å². The van der Waals surface area contributed by atoms with Gasteiger partial charge in [-0.1, -0.05) is 30.3 Å². The minimum Gasteiger partial charge on any atom is -0.339 e. The average molecular weight is 403 g/mol. The van der Waals surface area contributed by atoms with Crippen molar-refractivity contribution < 1.29 is 9.72 Å². The van der Waals surface area contributed by atoms with Crippen LogP contribution in [0.5, 0.6) is 0 Å².